The maximum absolute atomic E-state index is 14.3. The second kappa shape index (κ2) is 14.0. The zero-order chi connectivity index (χ0) is 30.3. The van der Waals surface area contributed by atoms with Gasteiger partial charge in [0.15, 0.2) is 0 Å². The van der Waals surface area contributed by atoms with Gasteiger partial charge < -0.3 is 10.2 Å². The molecule has 0 radical (unpaired) electrons. The third kappa shape index (κ3) is 7.59. The third-order valence-electron chi connectivity index (χ3n) is 6.82. The fourth-order valence-electron chi connectivity index (χ4n) is 4.64. The van der Waals surface area contributed by atoms with Gasteiger partial charge in [-0.3, -0.25) is 13.9 Å². The summed E-state index contributed by atoms with van der Waals surface area (Å²) in [5, 5.41) is 3.08. The molecule has 1 atom stereocenters. The van der Waals surface area contributed by atoms with Crippen LogP contribution in [0.2, 0.25) is 5.02 Å². The lowest BCUT2D eigenvalue weighted by atomic mass is 10.0. The molecule has 4 aromatic carbocycles. The van der Waals surface area contributed by atoms with Gasteiger partial charge in [0.25, 0.3) is 10.0 Å². The number of likely N-dealkylation sites (N-methyl/N-ethyl adjacent to an activating group) is 1. The van der Waals surface area contributed by atoms with Crippen molar-refractivity contribution in [1.29, 1.82) is 0 Å². The zero-order valence-corrected chi connectivity index (χ0v) is 26.4. The van der Waals surface area contributed by atoms with Gasteiger partial charge in [-0.05, 0) is 66.1 Å². The fraction of sp³-hybridized carbons (Fsp3) is 0.188. The summed E-state index contributed by atoms with van der Waals surface area (Å²) in [5.41, 5.74) is 2.68. The number of amides is 2. The number of carbonyl (C=O) groups is 2. The minimum absolute atomic E-state index is 0.00590. The summed E-state index contributed by atoms with van der Waals surface area (Å²) in [7, 11) is -2.67. The van der Waals surface area contributed by atoms with E-state index in [-0.39, 0.29) is 23.8 Å². The Morgan fingerprint density at radius 2 is 1.52 bits per heavy atom. The highest BCUT2D eigenvalue weighted by atomic mass is 79.9. The molecule has 4 aromatic rings. The quantitative estimate of drug-likeness (QED) is 0.213. The maximum Gasteiger partial charge on any atom is 0.264 e. The zero-order valence-electron chi connectivity index (χ0n) is 23.2. The first-order chi connectivity index (χ1) is 20.1. The number of nitrogens with zero attached hydrogens (tertiary/aromatic N) is 2. The lowest BCUT2D eigenvalue weighted by Gasteiger charge is -2.34. The Kier molecular flexibility index (Phi) is 10.4. The number of para-hydroxylation sites is 1. The summed E-state index contributed by atoms with van der Waals surface area (Å²) in [6, 6.07) is 28.7. The van der Waals surface area contributed by atoms with Crippen LogP contribution in [-0.4, -0.2) is 44.8 Å². The number of hydrogen-bond donors (Lipinski definition) is 1. The highest BCUT2D eigenvalue weighted by molar-refractivity contribution is 9.10. The summed E-state index contributed by atoms with van der Waals surface area (Å²) >= 11 is 9.51. The van der Waals surface area contributed by atoms with Gasteiger partial charge >= 0.3 is 0 Å². The van der Waals surface area contributed by atoms with Crippen LogP contribution in [0.4, 0.5) is 5.69 Å². The molecule has 218 valence electrons. The molecule has 0 aliphatic heterocycles. The number of halogens is 2. The molecule has 0 aliphatic rings. The van der Waals surface area contributed by atoms with Crippen molar-refractivity contribution in [2.75, 3.05) is 17.9 Å². The molecule has 0 spiro atoms. The molecule has 0 aromatic heterocycles. The van der Waals surface area contributed by atoms with Crippen LogP contribution in [-0.2, 0) is 32.6 Å². The van der Waals surface area contributed by atoms with Gasteiger partial charge in [-0.15, -0.1) is 0 Å². The normalized spacial score (nSPS) is 11.9. The highest BCUT2D eigenvalue weighted by Gasteiger charge is 2.34. The van der Waals surface area contributed by atoms with Crippen molar-refractivity contribution < 1.29 is 18.0 Å². The van der Waals surface area contributed by atoms with E-state index in [0.717, 1.165) is 19.9 Å². The largest absolute Gasteiger partial charge is 0.357 e. The number of hydrogen-bond acceptors (Lipinski definition) is 4. The first-order valence-corrected chi connectivity index (χ1v) is 15.8. The Balaban J connectivity index is 1.80. The predicted molar refractivity (Wildman–Crippen MR) is 170 cm³/mol. The van der Waals surface area contributed by atoms with Gasteiger partial charge in [-0.25, -0.2) is 8.42 Å². The number of rotatable bonds is 11. The molecular weight excluding hydrogens is 638 g/mol. The number of carbonyl (C=O) groups excluding carboxylic acids is 2. The molecule has 0 saturated carbocycles. The topological polar surface area (TPSA) is 86.8 Å². The van der Waals surface area contributed by atoms with E-state index in [1.165, 1.54) is 36.2 Å². The van der Waals surface area contributed by atoms with Crippen molar-refractivity contribution in [2.24, 2.45) is 0 Å². The molecule has 10 heteroatoms. The molecule has 0 unspecified atom stereocenters. The molecule has 7 nitrogen and oxygen atoms in total. The summed E-state index contributed by atoms with van der Waals surface area (Å²) in [6.45, 7) is 1.35. The Bertz CT molecular complexity index is 1650. The lowest BCUT2D eigenvalue weighted by Crippen LogP contribution is -2.53. The lowest BCUT2D eigenvalue weighted by molar-refractivity contribution is -0.139. The van der Waals surface area contributed by atoms with Crippen molar-refractivity contribution in [3.63, 3.8) is 0 Å². The van der Waals surface area contributed by atoms with Gasteiger partial charge in [0.2, 0.25) is 11.8 Å². The highest BCUT2D eigenvalue weighted by Crippen LogP contribution is 2.28. The number of benzene rings is 4. The Morgan fingerprint density at radius 3 is 2.17 bits per heavy atom. The Morgan fingerprint density at radius 1 is 0.881 bits per heavy atom. The fourth-order valence-corrected chi connectivity index (χ4v) is 6.69. The molecule has 2 amide bonds. The maximum atomic E-state index is 14.3. The molecule has 0 saturated heterocycles. The van der Waals surface area contributed by atoms with E-state index >= 15 is 0 Å². The van der Waals surface area contributed by atoms with Gasteiger partial charge in [-0.2, -0.15) is 0 Å². The average Bonchev–Trinajstić information content (AvgIpc) is 2.98. The minimum atomic E-state index is -4.19. The van der Waals surface area contributed by atoms with Crippen molar-refractivity contribution in [1.82, 2.24) is 10.2 Å². The summed E-state index contributed by atoms with van der Waals surface area (Å²) in [5.74, 6) is -0.884. The van der Waals surface area contributed by atoms with Crippen LogP contribution in [0.5, 0.6) is 0 Å². The van der Waals surface area contributed by atoms with Crippen LogP contribution >= 0.6 is 27.5 Å². The van der Waals surface area contributed by atoms with E-state index in [1.807, 2.05) is 54.6 Å². The van der Waals surface area contributed by atoms with Crippen LogP contribution < -0.4 is 9.62 Å². The summed E-state index contributed by atoms with van der Waals surface area (Å²) < 4.78 is 30.0. The Labute approximate surface area is 260 Å². The molecule has 0 bridgehead atoms. The first-order valence-electron chi connectivity index (χ1n) is 13.2. The van der Waals surface area contributed by atoms with Crippen LogP contribution in [0, 0.1) is 6.92 Å². The standard InChI is InChI=1S/C32H31BrClN3O4S/c1-23-9-6-7-14-29(23)37(42(40,41)28-17-15-27(34)16-18-28)22-31(38)36(21-25-12-8-13-26(33)19-25)30(32(39)35-2)20-24-10-4-3-5-11-24/h3-19,30H,20-22H2,1-2H3,(H,35,39)/t30-/m0/s1. The second-order valence-corrected chi connectivity index (χ2v) is 12.9. The molecule has 4 rings (SSSR count). The molecule has 0 fully saturated rings. The van der Waals surface area contributed by atoms with Crippen molar-refractivity contribution >= 4 is 55.1 Å². The SMILES string of the molecule is CNC(=O)[C@H](Cc1ccccc1)N(Cc1cccc(Br)c1)C(=O)CN(c1ccccc1C)S(=O)(=O)c1ccc(Cl)cc1. The molecule has 42 heavy (non-hydrogen) atoms. The monoisotopic (exact) mass is 667 g/mol. The minimum Gasteiger partial charge on any atom is -0.357 e. The van der Waals surface area contributed by atoms with Crippen molar-refractivity contribution in [2.45, 2.75) is 30.8 Å². The summed E-state index contributed by atoms with van der Waals surface area (Å²) in [6.07, 6.45) is 0.245. The number of sulfonamides is 1. The van der Waals surface area contributed by atoms with Crippen LogP contribution in [0.15, 0.2) is 112 Å². The van der Waals surface area contributed by atoms with E-state index in [2.05, 4.69) is 21.2 Å². The van der Waals surface area contributed by atoms with E-state index in [0.29, 0.717) is 16.3 Å². The summed E-state index contributed by atoms with van der Waals surface area (Å²) in [4.78, 5) is 29.1. The van der Waals surface area contributed by atoms with Crippen LogP contribution in [0.1, 0.15) is 16.7 Å². The van der Waals surface area contributed by atoms with Crippen molar-refractivity contribution in [3.05, 3.63) is 129 Å². The smallest absolute Gasteiger partial charge is 0.264 e. The van der Waals surface area contributed by atoms with E-state index in [9.17, 15) is 18.0 Å². The van der Waals surface area contributed by atoms with E-state index in [1.54, 1.807) is 31.2 Å². The van der Waals surface area contributed by atoms with E-state index < -0.39 is 28.5 Å². The Hall–Kier alpha value is -3.66. The van der Waals surface area contributed by atoms with Crippen LogP contribution in [0.3, 0.4) is 0 Å². The van der Waals surface area contributed by atoms with Gasteiger partial charge in [0.05, 0.1) is 10.6 Å². The first kappa shape index (κ1) is 31.3. The molecular formula is C32H31BrClN3O4S. The number of aryl methyl sites for hydroxylation is 1. The molecule has 0 aliphatic carbocycles. The third-order valence-corrected chi connectivity index (χ3v) is 9.34. The molecule has 0 heterocycles. The average molecular weight is 669 g/mol. The van der Waals surface area contributed by atoms with Crippen molar-refractivity contribution in [3.8, 4) is 0 Å². The van der Waals surface area contributed by atoms with Gasteiger partial charge in [0, 0.05) is 29.5 Å². The second-order valence-electron chi connectivity index (χ2n) is 9.72. The predicted octanol–water partition coefficient (Wildman–Crippen LogP) is 5.99. The van der Waals surface area contributed by atoms with Gasteiger partial charge in [0.1, 0.15) is 12.6 Å². The van der Waals surface area contributed by atoms with Crippen LogP contribution in [0.25, 0.3) is 0 Å². The van der Waals surface area contributed by atoms with Gasteiger partial charge in [-0.1, -0.05) is 88.2 Å². The number of nitrogens with one attached hydrogen (secondary N) is 1. The molecule has 1 N–H and O–H groups in total. The number of anilines is 1. The van der Waals surface area contributed by atoms with E-state index in [4.69, 9.17) is 11.6 Å².